The zero-order valence-corrected chi connectivity index (χ0v) is 13.8. The van der Waals surface area contributed by atoms with Crippen molar-refractivity contribution < 1.29 is 30.0 Å². The van der Waals surface area contributed by atoms with Gasteiger partial charge in [-0.3, -0.25) is 9.59 Å². The van der Waals surface area contributed by atoms with Crippen LogP contribution in [0.2, 0.25) is 0 Å². The van der Waals surface area contributed by atoms with Crippen LogP contribution in [0.4, 0.5) is 0 Å². The molecular weight excluding hydrogens is 336 g/mol. The molecule has 26 heavy (non-hydrogen) atoms. The number of phenols is 2. The zero-order valence-electron chi connectivity index (χ0n) is 13.8. The highest BCUT2D eigenvalue weighted by Crippen LogP contribution is 2.45. The minimum atomic E-state index is -1.35. The lowest BCUT2D eigenvalue weighted by atomic mass is 9.73. The van der Waals surface area contributed by atoms with E-state index >= 15 is 0 Å². The fourth-order valence-corrected chi connectivity index (χ4v) is 4.15. The third-order valence-corrected chi connectivity index (χ3v) is 5.35. The van der Waals surface area contributed by atoms with E-state index in [9.17, 15) is 30.0 Å². The van der Waals surface area contributed by atoms with Crippen molar-refractivity contribution in [2.24, 2.45) is 0 Å². The van der Waals surface area contributed by atoms with Gasteiger partial charge in [-0.05, 0) is 29.7 Å². The minimum absolute atomic E-state index is 0.0323. The number of benzene rings is 2. The SMILES string of the molecule is O=C1CCC(c2ccc(O)c3c2C(=O)CC(O)C3O)c2cccc(O)c21. The molecule has 2 aliphatic rings. The molecule has 3 unspecified atom stereocenters. The van der Waals surface area contributed by atoms with Crippen molar-refractivity contribution >= 4 is 11.6 Å². The third kappa shape index (κ3) is 2.34. The molecule has 0 spiro atoms. The van der Waals surface area contributed by atoms with Crippen LogP contribution in [-0.2, 0) is 0 Å². The van der Waals surface area contributed by atoms with E-state index in [1.165, 1.54) is 12.1 Å². The number of aromatic hydroxyl groups is 2. The van der Waals surface area contributed by atoms with Crippen LogP contribution in [-0.4, -0.2) is 38.1 Å². The highest BCUT2D eigenvalue weighted by atomic mass is 16.3. The van der Waals surface area contributed by atoms with Gasteiger partial charge in [-0.25, -0.2) is 0 Å². The maximum atomic E-state index is 12.6. The number of hydrogen-bond acceptors (Lipinski definition) is 6. The van der Waals surface area contributed by atoms with Gasteiger partial charge in [-0.1, -0.05) is 18.2 Å². The Hall–Kier alpha value is -2.70. The molecule has 3 atom stereocenters. The molecule has 2 aliphatic carbocycles. The molecule has 0 amide bonds. The van der Waals surface area contributed by atoms with Crippen LogP contribution in [0.5, 0.6) is 11.5 Å². The van der Waals surface area contributed by atoms with Crippen LogP contribution in [0.15, 0.2) is 30.3 Å². The number of rotatable bonds is 1. The van der Waals surface area contributed by atoms with Crippen molar-refractivity contribution in [1.82, 2.24) is 0 Å². The van der Waals surface area contributed by atoms with E-state index in [-0.39, 0.29) is 58.5 Å². The predicted octanol–water partition coefficient (Wildman–Crippen LogP) is 2.19. The van der Waals surface area contributed by atoms with E-state index in [4.69, 9.17) is 0 Å². The van der Waals surface area contributed by atoms with Gasteiger partial charge >= 0.3 is 0 Å². The maximum absolute atomic E-state index is 12.6. The minimum Gasteiger partial charge on any atom is -0.508 e. The molecule has 2 aromatic rings. The van der Waals surface area contributed by atoms with Gasteiger partial charge in [0.05, 0.1) is 11.7 Å². The summed E-state index contributed by atoms with van der Waals surface area (Å²) in [6, 6.07) is 7.85. The number of carbonyl (C=O) groups is 2. The smallest absolute Gasteiger partial charge is 0.166 e. The van der Waals surface area contributed by atoms with Crippen LogP contribution >= 0.6 is 0 Å². The summed E-state index contributed by atoms with van der Waals surface area (Å²) in [6.45, 7) is 0. The first kappa shape index (κ1) is 16.8. The lowest BCUT2D eigenvalue weighted by molar-refractivity contribution is 0.00726. The fraction of sp³-hybridized carbons (Fsp3) is 0.300. The summed E-state index contributed by atoms with van der Waals surface area (Å²) in [5.41, 5.74) is 1.71. The highest BCUT2D eigenvalue weighted by Gasteiger charge is 2.38. The lowest BCUT2D eigenvalue weighted by Gasteiger charge is -2.32. The summed E-state index contributed by atoms with van der Waals surface area (Å²) in [6.07, 6.45) is -2.16. The molecule has 0 aromatic heterocycles. The number of ketones is 2. The first-order valence-corrected chi connectivity index (χ1v) is 8.50. The lowest BCUT2D eigenvalue weighted by Crippen LogP contribution is -2.31. The molecule has 6 nitrogen and oxygen atoms in total. The Labute approximate surface area is 149 Å². The molecule has 0 saturated carbocycles. The first-order chi connectivity index (χ1) is 12.4. The van der Waals surface area contributed by atoms with Crippen LogP contribution in [0.1, 0.15) is 68.7 Å². The Balaban J connectivity index is 1.94. The number of Topliss-reactive ketones (excluding diaryl/α,β-unsaturated/α-hetero) is 2. The summed E-state index contributed by atoms with van der Waals surface area (Å²) in [5, 5.41) is 40.4. The number of phenolic OH excluding ortho intramolecular Hbond substituents is 2. The molecule has 2 aromatic carbocycles. The van der Waals surface area contributed by atoms with Gasteiger partial charge in [0.1, 0.15) is 17.6 Å². The van der Waals surface area contributed by atoms with Crippen molar-refractivity contribution in [3.63, 3.8) is 0 Å². The second kappa shape index (κ2) is 5.93. The van der Waals surface area contributed by atoms with Crippen molar-refractivity contribution in [1.29, 1.82) is 0 Å². The average Bonchev–Trinajstić information content (AvgIpc) is 2.60. The zero-order chi connectivity index (χ0) is 18.6. The molecule has 4 N–H and O–H groups in total. The van der Waals surface area contributed by atoms with Crippen molar-refractivity contribution in [3.8, 4) is 11.5 Å². The van der Waals surface area contributed by atoms with Gasteiger partial charge < -0.3 is 20.4 Å². The van der Waals surface area contributed by atoms with E-state index < -0.39 is 12.2 Å². The van der Waals surface area contributed by atoms with Gasteiger partial charge in [0.15, 0.2) is 11.6 Å². The molecule has 0 radical (unpaired) electrons. The Bertz CT molecular complexity index is 932. The van der Waals surface area contributed by atoms with Gasteiger partial charge in [0.25, 0.3) is 0 Å². The van der Waals surface area contributed by atoms with Gasteiger partial charge in [0, 0.05) is 29.9 Å². The summed E-state index contributed by atoms with van der Waals surface area (Å²) < 4.78 is 0. The Morgan fingerprint density at radius 2 is 1.58 bits per heavy atom. The van der Waals surface area contributed by atoms with Gasteiger partial charge in [0.2, 0.25) is 0 Å². The molecule has 0 fully saturated rings. The Kier molecular flexibility index (Phi) is 3.82. The molecule has 4 rings (SSSR count). The number of carbonyl (C=O) groups excluding carboxylic acids is 2. The molecule has 6 heteroatoms. The van der Waals surface area contributed by atoms with E-state index in [0.717, 1.165) is 0 Å². The number of hydrogen-bond donors (Lipinski definition) is 4. The Morgan fingerprint density at radius 3 is 2.35 bits per heavy atom. The van der Waals surface area contributed by atoms with E-state index in [0.29, 0.717) is 17.5 Å². The second-order valence-corrected chi connectivity index (χ2v) is 6.86. The molecule has 0 aliphatic heterocycles. The van der Waals surface area contributed by atoms with Crippen LogP contribution in [0.25, 0.3) is 0 Å². The van der Waals surface area contributed by atoms with Gasteiger partial charge in [-0.2, -0.15) is 0 Å². The standard InChI is InChI=1S/C20H18O6/c21-12-3-1-2-10-9(4-6-13(22)17(10)12)11-5-7-14(23)19-18(11)15(24)8-16(25)20(19)26/h1-3,5,7,9,16,20-21,23,25-26H,4,6,8H2. The van der Waals surface area contributed by atoms with E-state index in [1.54, 1.807) is 18.2 Å². The van der Waals surface area contributed by atoms with Gasteiger partial charge in [-0.15, -0.1) is 0 Å². The number of aliphatic hydroxyl groups excluding tert-OH is 2. The number of aliphatic hydroxyl groups is 2. The summed E-state index contributed by atoms with van der Waals surface area (Å²) in [4.78, 5) is 24.8. The fourth-order valence-electron chi connectivity index (χ4n) is 4.15. The molecule has 0 bridgehead atoms. The second-order valence-electron chi connectivity index (χ2n) is 6.86. The van der Waals surface area contributed by atoms with Crippen molar-refractivity contribution in [2.45, 2.75) is 37.4 Å². The third-order valence-electron chi connectivity index (χ3n) is 5.35. The van der Waals surface area contributed by atoms with E-state index in [2.05, 4.69) is 0 Å². The monoisotopic (exact) mass is 354 g/mol. The van der Waals surface area contributed by atoms with Crippen LogP contribution < -0.4 is 0 Å². The number of fused-ring (bicyclic) bond motifs is 2. The normalized spacial score (nSPS) is 24.9. The molecule has 0 saturated heterocycles. The quantitative estimate of drug-likeness (QED) is 0.624. The highest BCUT2D eigenvalue weighted by molar-refractivity contribution is 6.03. The molecule has 0 heterocycles. The summed E-state index contributed by atoms with van der Waals surface area (Å²) in [7, 11) is 0. The molecular formula is C20H18O6. The summed E-state index contributed by atoms with van der Waals surface area (Å²) in [5.74, 6) is -1.17. The van der Waals surface area contributed by atoms with E-state index in [1.807, 2.05) is 0 Å². The Morgan fingerprint density at radius 1 is 0.846 bits per heavy atom. The summed E-state index contributed by atoms with van der Waals surface area (Å²) >= 11 is 0. The maximum Gasteiger partial charge on any atom is 0.166 e. The average molecular weight is 354 g/mol. The van der Waals surface area contributed by atoms with Crippen molar-refractivity contribution in [2.75, 3.05) is 0 Å². The topological polar surface area (TPSA) is 115 Å². The largest absolute Gasteiger partial charge is 0.508 e. The molecule has 134 valence electrons. The van der Waals surface area contributed by atoms with Crippen LogP contribution in [0.3, 0.4) is 0 Å². The van der Waals surface area contributed by atoms with Crippen molar-refractivity contribution in [3.05, 3.63) is 58.1 Å². The predicted molar refractivity (Wildman–Crippen MR) is 91.5 cm³/mol. The first-order valence-electron chi connectivity index (χ1n) is 8.50. The van der Waals surface area contributed by atoms with Crippen LogP contribution in [0, 0.1) is 0 Å².